The van der Waals surface area contributed by atoms with Crippen LogP contribution in [-0.4, -0.2) is 0 Å². The SMILES string of the molecule is CCC1C=C2[n+]3c(ccc4ccccc43)-c3ccc(F)cc3C21CC. The average Bonchev–Trinajstić information content (AvgIpc) is 2.62. The molecule has 1 nitrogen and oxygen atoms in total. The van der Waals surface area contributed by atoms with Crippen LogP contribution in [0.15, 0.2) is 60.7 Å². The minimum Gasteiger partial charge on any atom is -0.207 e. The number of halogens is 1. The summed E-state index contributed by atoms with van der Waals surface area (Å²) in [4.78, 5) is 0. The number of pyridine rings is 1. The Bertz CT molecular complexity index is 1050. The Balaban J connectivity index is 1.95. The molecule has 0 amide bonds. The van der Waals surface area contributed by atoms with Crippen LogP contribution in [0.2, 0.25) is 0 Å². The van der Waals surface area contributed by atoms with Crippen molar-refractivity contribution in [1.29, 1.82) is 0 Å². The smallest absolute Gasteiger partial charge is 0.207 e. The van der Waals surface area contributed by atoms with Crippen LogP contribution in [0.25, 0.3) is 27.9 Å². The zero-order valence-corrected chi connectivity index (χ0v) is 14.6. The summed E-state index contributed by atoms with van der Waals surface area (Å²) in [5.74, 6) is 0.328. The fourth-order valence-electron chi connectivity index (χ4n) is 5.07. The van der Waals surface area contributed by atoms with Gasteiger partial charge in [-0.15, -0.1) is 0 Å². The minimum atomic E-state index is -0.137. The molecule has 1 aliphatic heterocycles. The van der Waals surface area contributed by atoms with Crippen molar-refractivity contribution in [3.63, 3.8) is 0 Å². The van der Waals surface area contributed by atoms with Gasteiger partial charge >= 0.3 is 0 Å². The van der Waals surface area contributed by atoms with Gasteiger partial charge in [-0.2, -0.15) is 4.57 Å². The van der Waals surface area contributed by atoms with Gasteiger partial charge in [0.2, 0.25) is 11.2 Å². The van der Waals surface area contributed by atoms with Crippen molar-refractivity contribution >= 4 is 16.6 Å². The number of allylic oxidation sites excluding steroid dienone is 2. The van der Waals surface area contributed by atoms with E-state index in [1.807, 2.05) is 6.07 Å². The summed E-state index contributed by atoms with van der Waals surface area (Å²) in [7, 11) is 0. The van der Waals surface area contributed by atoms with Gasteiger partial charge in [-0.25, -0.2) is 4.39 Å². The van der Waals surface area contributed by atoms with Gasteiger partial charge in [0.25, 0.3) is 0 Å². The molecule has 2 aliphatic rings. The molecule has 5 rings (SSSR count). The number of fused-ring (bicyclic) bond motifs is 8. The fraction of sp³-hybridized carbons (Fsp3) is 0.261. The molecule has 0 N–H and O–H groups in total. The number of hydrogen-bond acceptors (Lipinski definition) is 0. The summed E-state index contributed by atoms with van der Waals surface area (Å²) in [5, 5.41) is 1.24. The summed E-state index contributed by atoms with van der Waals surface area (Å²) in [5.41, 5.74) is 5.98. The zero-order valence-electron chi connectivity index (χ0n) is 14.6. The maximum absolute atomic E-state index is 14.2. The molecule has 124 valence electrons. The zero-order chi connectivity index (χ0) is 17.2. The van der Waals surface area contributed by atoms with Crippen LogP contribution in [0.4, 0.5) is 4.39 Å². The number of nitrogens with zero attached hydrogens (tertiary/aromatic N) is 1. The van der Waals surface area contributed by atoms with Crippen molar-refractivity contribution in [2.45, 2.75) is 32.1 Å². The van der Waals surface area contributed by atoms with Crippen molar-refractivity contribution < 1.29 is 8.96 Å². The monoisotopic (exact) mass is 330 g/mol. The van der Waals surface area contributed by atoms with Gasteiger partial charge < -0.3 is 0 Å². The highest BCUT2D eigenvalue weighted by molar-refractivity contribution is 5.84. The van der Waals surface area contributed by atoms with Gasteiger partial charge in [0, 0.05) is 23.4 Å². The molecule has 1 aliphatic carbocycles. The number of benzene rings is 2. The largest absolute Gasteiger partial charge is 0.219 e. The Morgan fingerprint density at radius 1 is 1.04 bits per heavy atom. The predicted molar refractivity (Wildman–Crippen MR) is 99.6 cm³/mol. The first-order valence-electron chi connectivity index (χ1n) is 9.17. The normalized spacial score (nSPS) is 23.3. The van der Waals surface area contributed by atoms with Crippen LogP contribution in [-0.2, 0) is 5.41 Å². The molecular formula is C23H21FN+. The molecule has 2 aromatic carbocycles. The van der Waals surface area contributed by atoms with Crippen molar-refractivity contribution in [3.8, 4) is 11.3 Å². The molecule has 0 fully saturated rings. The molecule has 0 saturated carbocycles. The number of aromatic nitrogens is 1. The molecule has 2 heteroatoms. The first kappa shape index (κ1) is 14.8. The van der Waals surface area contributed by atoms with E-state index in [1.54, 1.807) is 12.1 Å². The van der Waals surface area contributed by atoms with Crippen molar-refractivity contribution in [3.05, 3.63) is 72.1 Å². The molecule has 0 spiro atoms. The van der Waals surface area contributed by atoms with Crippen LogP contribution < -0.4 is 4.57 Å². The van der Waals surface area contributed by atoms with Crippen LogP contribution in [0, 0.1) is 11.7 Å². The van der Waals surface area contributed by atoms with Gasteiger partial charge in [-0.1, -0.05) is 26.0 Å². The molecular weight excluding hydrogens is 309 g/mol. The first-order chi connectivity index (χ1) is 12.2. The molecule has 2 unspecified atom stereocenters. The van der Waals surface area contributed by atoms with Crippen LogP contribution in [0.1, 0.15) is 32.3 Å². The van der Waals surface area contributed by atoms with E-state index in [0.29, 0.717) is 5.92 Å². The molecule has 0 saturated heterocycles. The van der Waals surface area contributed by atoms with Gasteiger partial charge in [0.15, 0.2) is 5.70 Å². The highest BCUT2D eigenvalue weighted by atomic mass is 19.1. The minimum absolute atomic E-state index is 0.0754. The summed E-state index contributed by atoms with van der Waals surface area (Å²) in [6, 6.07) is 18.2. The lowest BCUT2D eigenvalue weighted by Crippen LogP contribution is -2.57. The number of para-hydroxylation sites is 1. The second-order valence-electron chi connectivity index (χ2n) is 7.19. The van der Waals surface area contributed by atoms with E-state index in [-0.39, 0.29) is 11.2 Å². The van der Waals surface area contributed by atoms with Gasteiger partial charge in [-0.3, -0.25) is 0 Å². The Hall–Kier alpha value is -2.48. The van der Waals surface area contributed by atoms with E-state index in [2.05, 4.69) is 60.9 Å². The molecule has 0 bridgehead atoms. The van der Waals surface area contributed by atoms with E-state index >= 15 is 0 Å². The molecule has 3 aromatic rings. The lowest BCUT2D eigenvalue weighted by molar-refractivity contribution is -0.553. The predicted octanol–water partition coefficient (Wildman–Crippen LogP) is 5.48. The fourth-order valence-corrected chi connectivity index (χ4v) is 5.07. The van der Waals surface area contributed by atoms with Gasteiger partial charge in [0.05, 0.1) is 11.0 Å². The average molecular weight is 330 g/mol. The third-order valence-electron chi connectivity index (χ3n) is 6.27. The molecule has 25 heavy (non-hydrogen) atoms. The second kappa shape index (κ2) is 5.01. The summed E-state index contributed by atoms with van der Waals surface area (Å²) < 4.78 is 16.6. The van der Waals surface area contributed by atoms with E-state index in [1.165, 1.54) is 27.9 Å². The Morgan fingerprint density at radius 2 is 1.88 bits per heavy atom. The van der Waals surface area contributed by atoms with E-state index in [9.17, 15) is 4.39 Å². The summed E-state index contributed by atoms with van der Waals surface area (Å²) >= 11 is 0. The highest BCUT2D eigenvalue weighted by Crippen LogP contribution is 2.57. The quantitative estimate of drug-likeness (QED) is 0.548. The van der Waals surface area contributed by atoms with Crippen molar-refractivity contribution in [2.24, 2.45) is 5.92 Å². The second-order valence-corrected chi connectivity index (χ2v) is 7.19. The lowest BCUT2D eigenvalue weighted by atomic mass is 9.55. The Labute approximate surface area is 147 Å². The summed E-state index contributed by atoms with van der Waals surface area (Å²) in [6.07, 6.45) is 4.46. The van der Waals surface area contributed by atoms with E-state index < -0.39 is 0 Å². The lowest BCUT2D eigenvalue weighted by Gasteiger charge is -2.47. The maximum atomic E-state index is 14.2. The molecule has 0 radical (unpaired) electrons. The van der Waals surface area contributed by atoms with E-state index in [4.69, 9.17) is 0 Å². The third-order valence-corrected chi connectivity index (χ3v) is 6.27. The van der Waals surface area contributed by atoms with E-state index in [0.717, 1.165) is 18.4 Å². The molecule has 2 heterocycles. The number of hydrogen-bond donors (Lipinski definition) is 0. The molecule has 1 aromatic heterocycles. The standard InChI is InChI=1S/C23H21FN/c1-3-16-13-22-23(16,4-2)19-14-17(24)10-11-18(19)21-12-9-15-7-5-6-8-20(15)25(21)22/h5-14,16H,3-4H2,1-2H3/q+1. The maximum Gasteiger partial charge on any atom is 0.219 e. The van der Waals surface area contributed by atoms with Gasteiger partial charge in [-0.05, 0) is 54.8 Å². The third kappa shape index (κ3) is 1.70. The number of rotatable bonds is 2. The highest BCUT2D eigenvalue weighted by Gasteiger charge is 2.58. The topological polar surface area (TPSA) is 3.88 Å². The van der Waals surface area contributed by atoms with Crippen LogP contribution in [0.5, 0.6) is 0 Å². The Morgan fingerprint density at radius 3 is 2.68 bits per heavy atom. The van der Waals surface area contributed by atoms with Crippen LogP contribution >= 0.6 is 0 Å². The molecule has 2 atom stereocenters. The van der Waals surface area contributed by atoms with Crippen molar-refractivity contribution in [2.75, 3.05) is 0 Å². The van der Waals surface area contributed by atoms with Gasteiger partial charge in [0.1, 0.15) is 5.82 Å². The first-order valence-corrected chi connectivity index (χ1v) is 9.17. The Kier molecular flexibility index (Phi) is 2.97. The van der Waals surface area contributed by atoms with Crippen LogP contribution in [0.3, 0.4) is 0 Å². The summed E-state index contributed by atoms with van der Waals surface area (Å²) in [6.45, 7) is 4.47. The van der Waals surface area contributed by atoms with Crippen molar-refractivity contribution in [1.82, 2.24) is 0 Å².